The van der Waals surface area contributed by atoms with Gasteiger partial charge in [-0.25, -0.2) is 0 Å². The molecule has 12 nitrogen and oxygen atoms in total. The molecular formula is C51H84O12S. The molecule has 13 heteroatoms. The second-order valence-electron chi connectivity index (χ2n) is 16.4. The maximum atomic E-state index is 12.8. The Morgan fingerprint density at radius 2 is 1.02 bits per heavy atom. The van der Waals surface area contributed by atoms with Crippen LogP contribution in [-0.2, 0) is 38.7 Å². The van der Waals surface area contributed by atoms with Gasteiger partial charge in [-0.3, -0.25) is 14.1 Å². The summed E-state index contributed by atoms with van der Waals surface area (Å²) >= 11 is 0. The number of allylic oxidation sites excluding steroid dienone is 14. The summed E-state index contributed by atoms with van der Waals surface area (Å²) in [5.74, 6) is -2.10. The van der Waals surface area contributed by atoms with Gasteiger partial charge in [-0.1, -0.05) is 163 Å². The Labute approximate surface area is 386 Å². The fraction of sp³-hybridized carbons (Fsp3) is 0.686. The van der Waals surface area contributed by atoms with E-state index in [-0.39, 0.29) is 19.4 Å². The fourth-order valence-electron chi connectivity index (χ4n) is 6.76. The molecular weight excluding hydrogens is 837 g/mol. The second kappa shape index (κ2) is 40.1. The van der Waals surface area contributed by atoms with Gasteiger partial charge in [0.05, 0.1) is 6.61 Å². The maximum absolute atomic E-state index is 12.8. The Bertz CT molecular complexity index is 1500. The molecule has 1 fully saturated rings. The average Bonchev–Trinajstić information content (AvgIpc) is 3.26. The highest BCUT2D eigenvalue weighted by atomic mass is 32.2. The lowest BCUT2D eigenvalue weighted by molar-refractivity contribution is -0.297. The van der Waals surface area contributed by atoms with Crippen molar-refractivity contribution in [2.45, 2.75) is 205 Å². The number of rotatable bonds is 39. The van der Waals surface area contributed by atoms with Crippen molar-refractivity contribution in [2.24, 2.45) is 0 Å². The van der Waals surface area contributed by atoms with Gasteiger partial charge in [-0.05, 0) is 77.0 Å². The van der Waals surface area contributed by atoms with Crippen LogP contribution in [0.15, 0.2) is 85.1 Å². The summed E-state index contributed by atoms with van der Waals surface area (Å²) in [6.45, 7) is 3.57. The quantitative estimate of drug-likeness (QED) is 0.0198. The summed E-state index contributed by atoms with van der Waals surface area (Å²) in [5, 5.41) is 30.9. The third-order valence-electron chi connectivity index (χ3n) is 10.5. The Kier molecular flexibility index (Phi) is 36.9. The molecule has 6 atom stereocenters. The number of hydrogen-bond acceptors (Lipinski definition) is 11. The monoisotopic (exact) mass is 921 g/mol. The first-order valence-electron chi connectivity index (χ1n) is 24.1. The van der Waals surface area contributed by atoms with Crippen molar-refractivity contribution < 1.29 is 56.8 Å². The molecule has 1 aliphatic rings. The van der Waals surface area contributed by atoms with Crippen molar-refractivity contribution in [3.63, 3.8) is 0 Å². The number of unbranched alkanes of at least 4 members (excludes halogenated alkanes) is 13. The highest BCUT2D eigenvalue weighted by molar-refractivity contribution is 7.85. The van der Waals surface area contributed by atoms with E-state index < -0.39 is 71.2 Å². The zero-order valence-electron chi connectivity index (χ0n) is 39.1. The van der Waals surface area contributed by atoms with Crippen LogP contribution < -0.4 is 0 Å². The van der Waals surface area contributed by atoms with Gasteiger partial charge in [0.1, 0.15) is 36.8 Å². The Hall–Kier alpha value is -3.17. The molecule has 366 valence electrons. The molecule has 1 rings (SSSR count). The van der Waals surface area contributed by atoms with E-state index in [1.54, 1.807) is 0 Å². The molecule has 0 bridgehead atoms. The molecule has 0 radical (unpaired) electrons. The molecule has 0 amide bonds. The summed E-state index contributed by atoms with van der Waals surface area (Å²) < 4.78 is 54.1. The predicted octanol–water partition coefficient (Wildman–Crippen LogP) is 10.4. The highest BCUT2D eigenvalue weighted by Crippen LogP contribution is 2.24. The Balaban J connectivity index is 2.48. The third-order valence-corrected chi connectivity index (χ3v) is 11.2. The van der Waals surface area contributed by atoms with Crippen molar-refractivity contribution in [3.8, 4) is 0 Å². The van der Waals surface area contributed by atoms with E-state index in [9.17, 15) is 37.9 Å². The summed E-state index contributed by atoms with van der Waals surface area (Å²) in [4.78, 5) is 25.4. The molecule has 1 heterocycles. The number of hydrogen-bond donors (Lipinski definition) is 4. The summed E-state index contributed by atoms with van der Waals surface area (Å²) in [5.41, 5.74) is 0. The molecule has 4 N–H and O–H groups in total. The van der Waals surface area contributed by atoms with Crippen LogP contribution in [0.25, 0.3) is 0 Å². The third kappa shape index (κ3) is 34.2. The van der Waals surface area contributed by atoms with Crippen LogP contribution in [0.3, 0.4) is 0 Å². The van der Waals surface area contributed by atoms with Crippen LogP contribution in [-0.4, -0.2) is 96.0 Å². The van der Waals surface area contributed by atoms with Crippen LogP contribution in [0.1, 0.15) is 168 Å². The van der Waals surface area contributed by atoms with Crippen molar-refractivity contribution in [1.29, 1.82) is 0 Å². The number of esters is 2. The summed E-state index contributed by atoms with van der Waals surface area (Å²) in [6, 6.07) is 0. The van der Waals surface area contributed by atoms with Gasteiger partial charge in [-0.15, -0.1) is 0 Å². The minimum absolute atomic E-state index is 0.0348. The molecule has 0 aromatic rings. The van der Waals surface area contributed by atoms with Gasteiger partial charge in [0, 0.05) is 12.8 Å². The smallest absolute Gasteiger partial charge is 0.306 e. The van der Waals surface area contributed by atoms with E-state index in [4.69, 9.17) is 18.9 Å². The van der Waals surface area contributed by atoms with Crippen LogP contribution >= 0.6 is 0 Å². The van der Waals surface area contributed by atoms with Crippen LogP contribution in [0.4, 0.5) is 0 Å². The minimum Gasteiger partial charge on any atom is -0.462 e. The predicted molar refractivity (Wildman–Crippen MR) is 256 cm³/mol. The second-order valence-corrected chi connectivity index (χ2v) is 17.9. The van der Waals surface area contributed by atoms with Crippen molar-refractivity contribution in [3.05, 3.63) is 85.1 Å². The highest BCUT2D eigenvalue weighted by Gasteiger charge is 2.46. The van der Waals surface area contributed by atoms with Gasteiger partial charge in [0.2, 0.25) is 0 Å². The molecule has 0 saturated carbocycles. The molecule has 2 unspecified atom stereocenters. The topological polar surface area (TPSA) is 186 Å². The van der Waals surface area contributed by atoms with E-state index in [2.05, 4.69) is 80.7 Å². The van der Waals surface area contributed by atoms with Crippen molar-refractivity contribution in [1.82, 2.24) is 0 Å². The van der Waals surface area contributed by atoms with Crippen LogP contribution in [0.2, 0.25) is 0 Å². The molecule has 64 heavy (non-hydrogen) atoms. The first kappa shape index (κ1) is 58.8. The van der Waals surface area contributed by atoms with Gasteiger partial charge in [-0.2, -0.15) is 8.42 Å². The normalized spacial score (nSPS) is 20.4. The Morgan fingerprint density at radius 3 is 1.53 bits per heavy atom. The molecule has 0 spiro atoms. The van der Waals surface area contributed by atoms with Gasteiger partial charge in [0.25, 0.3) is 10.1 Å². The summed E-state index contributed by atoms with van der Waals surface area (Å²) in [6.07, 6.45) is 43.5. The SMILES string of the molecule is CC/C=C/C/C=C/C/C=C/C/C=C/C/C=C/C/C=C/CCC(=O)O[C@H](COC(=O)CCCCCCCCCCC/C=C/CCCCCC)CO[C@H]1O[C@H](CS(=O)(=O)O)[C@@H](O)C(O)C1O. The van der Waals surface area contributed by atoms with E-state index in [0.29, 0.717) is 19.3 Å². The number of aliphatic hydroxyl groups is 3. The van der Waals surface area contributed by atoms with Crippen LogP contribution in [0.5, 0.6) is 0 Å². The lowest BCUT2D eigenvalue weighted by Crippen LogP contribution is -2.60. The first-order chi connectivity index (χ1) is 31.0. The minimum atomic E-state index is -4.62. The van der Waals surface area contributed by atoms with E-state index in [0.717, 1.165) is 51.4 Å². The Morgan fingerprint density at radius 1 is 0.547 bits per heavy atom. The molecule has 1 saturated heterocycles. The van der Waals surface area contributed by atoms with Crippen molar-refractivity contribution >= 4 is 22.1 Å². The molecule has 1 aliphatic heterocycles. The number of aliphatic hydroxyl groups excluding tert-OH is 3. The average molecular weight is 921 g/mol. The van der Waals surface area contributed by atoms with Crippen LogP contribution in [0, 0.1) is 0 Å². The largest absolute Gasteiger partial charge is 0.462 e. The van der Waals surface area contributed by atoms with Gasteiger partial charge >= 0.3 is 11.9 Å². The number of carbonyl (C=O) groups is 2. The van der Waals surface area contributed by atoms with E-state index in [1.165, 1.54) is 70.6 Å². The standard InChI is InChI=1S/C51H84O12S/c1-3-5-7-9-11-13-15-17-19-21-22-24-26-28-30-32-34-36-38-40-47(53)62-44(42-61-51-50(56)49(55)48(54)45(63-51)43-64(57,58)59)41-60-46(52)39-37-35-33-31-29-27-25-23-20-18-16-14-12-10-8-6-4-2/h5,7,11,13-14,16-17,19,22,24,28,30,34,36,44-45,48-51,54-56H,3-4,6,8-10,12,15,18,20-21,23,25-27,29,31-33,35,37-43H2,1-2H3,(H,57,58,59)/b7-5+,13-11+,16-14+,19-17+,24-22+,30-28+,36-34+/t44-,45-,48-,49?,50?,51+/m1/s1. The molecule has 0 aliphatic carbocycles. The molecule has 0 aromatic carbocycles. The first-order valence-corrected chi connectivity index (χ1v) is 25.8. The number of ether oxygens (including phenoxy) is 4. The molecule has 0 aromatic heterocycles. The number of carbonyl (C=O) groups excluding carboxylic acids is 2. The van der Waals surface area contributed by atoms with Gasteiger partial charge < -0.3 is 34.3 Å². The fourth-order valence-corrected chi connectivity index (χ4v) is 7.45. The van der Waals surface area contributed by atoms with Gasteiger partial charge in [0.15, 0.2) is 12.4 Å². The summed E-state index contributed by atoms with van der Waals surface area (Å²) in [7, 11) is -4.62. The zero-order chi connectivity index (χ0) is 46.9. The lowest BCUT2D eigenvalue weighted by atomic mass is 10.00. The zero-order valence-corrected chi connectivity index (χ0v) is 39.9. The van der Waals surface area contributed by atoms with E-state index in [1.807, 2.05) is 18.2 Å². The lowest BCUT2D eigenvalue weighted by Gasteiger charge is -2.40. The van der Waals surface area contributed by atoms with Crippen molar-refractivity contribution in [2.75, 3.05) is 19.0 Å². The maximum Gasteiger partial charge on any atom is 0.306 e. The van der Waals surface area contributed by atoms with E-state index >= 15 is 0 Å².